The van der Waals surface area contributed by atoms with Gasteiger partial charge in [0.25, 0.3) is 5.91 Å². The van der Waals surface area contributed by atoms with E-state index in [0.717, 1.165) is 10.5 Å². The van der Waals surface area contributed by atoms with Crippen molar-refractivity contribution in [1.29, 1.82) is 0 Å². The Morgan fingerprint density at radius 3 is 2.59 bits per heavy atom. The number of anilines is 1. The third-order valence-corrected chi connectivity index (χ3v) is 4.95. The van der Waals surface area contributed by atoms with Crippen LogP contribution in [0.5, 0.6) is 5.75 Å². The highest BCUT2D eigenvalue weighted by Crippen LogP contribution is 2.25. The van der Waals surface area contributed by atoms with Crippen molar-refractivity contribution in [3.63, 3.8) is 0 Å². The maximum absolute atomic E-state index is 12.3. The van der Waals surface area contributed by atoms with Crippen LogP contribution in [0, 0.1) is 13.8 Å². The van der Waals surface area contributed by atoms with E-state index in [1.165, 1.54) is 17.3 Å². The average Bonchev–Trinajstić information content (AvgIpc) is 2.62. The summed E-state index contributed by atoms with van der Waals surface area (Å²) in [4.78, 5) is 25.4. The van der Waals surface area contributed by atoms with E-state index in [-0.39, 0.29) is 5.75 Å². The SMILES string of the molecule is CCOc1ccccc1NC(=O)[C@@H](C)OC(=O)CSc1ccc(C)cc1C. The summed E-state index contributed by atoms with van der Waals surface area (Å²) >= 11 is 1.40. The first kappa shape index (κ1) is 20.8. The van der Waals surface area contributed by atoms with Gasteiger partial charge in [0.15, 0.2) is 6.10 Å². The number of nitrogens with one attached hydrogen (secondary N) is 1. The van der Waals surface area contributed by atoms with Crippen LogP contribution in [-0.2, 0) is 14.3 Å². The Bertz CT molecular complexity index is 807. The highest BCUT2D eigenvalue weighted by atomic mass is 32.2. The average molecular weight is 388 g/mol. The molecule has 1 N–H and O–H groups in total. The first-order chi connectivity index (χ1) is 12.9. The van der Waals surface area contributed by atoms with Gasteiger partial charge >= 0.3 is 5.97 Å². The second kappa shape index (κ2) is 10.0. The number of para-hydroxylation sites is 2. The van der Waals surface area contributed by atoms with Gasteiger partial charge in [0.05, 0.1) is 18.0 Å². The Labute approximate surface area is 164 Å². The van der Waals surface area contributed by atoms with Crippen LogP contribution in [-0.4, -0.2) is 30.3 Å². The number of thioether (sulfide) groups is 1. The van der Waals surface area contributed by atoms with E-state index >= 15 is 0 Å². The third kappa shape index (κ3) is 6.32. The fourth-order valence-electron chi connectivity index (χ4n) is 2.47. The van der Waals surface area contributed by atoms with Gasteiger partial charge < -0.3 is 14.8 Å². The van der Waals surface area contributed by atoms with Crippen LogP contribution in [0.25, 0.3) is 0 Å². The molecule has 0 aliphatic carbocycles. The predicted molar refractivity (Wildman–Crippen MR) is 108 cm³/mol. The lowest BCUT2D eigenvalue weighted by Gasteiger charge is -2.15. The van der Waals surface area contributed by atoms with Crippen molar-refractivity contribution in [1.82, 2.24) is 0 Å². The van der Waals surface area contributed by atoms with E-state index in [4.69, 9.17) is 9.47 Å². The van der Waals surface area contributed by atoms with Crippen LogP contribution in [0.1, 0.15) is 25.0 Å². The van der Waals surface area contributed by atoms with E-state index in [2.05, 4.69) is 11.4 Å². The standard InChI is InChI=1S/C21H25NO4S/c1-5-25-18-9-7-6-8-17(18)22-21(24)16(4)26-20(23)13-27-19-11-10-14(2)12-15(19)3/h6-12,16H,5,13H2,1-4H3,(H,22,24)/t16-/m1/s1. The van der Waals surface area contributed by atoms with Crippen LogP contribution in [0.15, 0.2) is 47.4 Å². The Kier molecular flexibility index (Phi) is 7.73. The summed E-state index contributed by atoms with van der Waals surface area (Å²) in [5.41, 5.74) is 2.85. The number of hydrogen-bond donors (Lipinski definition) is 1. The molecular formula is C21H25NO4S. The third-order valence-electron chi connectivity index (χ3n) is 3.80. The second-order valence-electron chi connectivity index (χ2n) is 6.11. The largest absolute Gasteiger partial charge is 0.492 e. The van der Waals surface area contributed by atoms with Crippen LogP contribution >= 0.6 is 11.8 Å². The molecule has 6 heteroatoms. The van der Waals surface area contributed by atoms with Crippen molar-refractivity contribution in [2.45, 2.75) is 38.7 Å². The van der Waals surface area contributed by atoms with Crippen molar-refractivity contribution in [2.24, 2.45) is 0 Å². The number of ether oxygens (including phenoxy) is 2. The summed E-state index contributed by atoms with van der Waals surface area (Å²) < 4.78 is 10.7. The molecule has 0 heterocycles. The van der Waals surface area contributed by atoms with E-state index in [1.54, 1.807) is 25.1 Å². The van der Waals surface area contributed by atoms with Gasteiger partial charge in [-0.2, -0.15) is 0 Å². The normalized spacial score (nSPS) is 11.6. The molecule has 144 valence electrons. The highest BCUT2D eigenvalue weighted by Gasteiger charge is 2.19. The summed E-state index contributed by atoms with van der Waals surface area (Å²) in [5.74, 6) is -0.0955. The van der Waals surface area contributed by atoms with Gasteiger partial charge in [0.1, 0.15) is 5.75 Å². The van der Waals surface area contributed by atoms with Crippen molar-refractivity contribution in [2.75, 3.05) is 17.7 Å². The first-order valence-corrected chi connectivity index (χ1v) is 9.81. The van der Waals surface area contributed by atoms with E-state index < -0.39 is 18.0 Å². The van der Waals surface area contributed by atoms with Crippen molar-refractivity contribution >= 4 is 29.3 Å². The lowest BCUT2D eigenvalue weighted by atomic mass is 10.2. The number of carbonyl (C=O) groups excluding carboxylic acids is 2. The summed E-state index contributed by atoms with van der Waals surface area (Å²) in [6.45, 7) is 7.95. The minimum Gasteiger partial charge on any atom is -0.492 e. The molecule has 0 fully saturated rings. The molecule has 1 amide bonds. The van der Waals surface area contributed by atoms with Gasteiger partial charge in [-0.25, -0.2) is 0 Å². The van der Waals surface area contributed by atoms with Crippen LogP contribution in [0.2, 0.25) is 0 Å². The quantitative estimate of drug-likeness (QED) is 0.538. The van der Waals surface area contributed by atoms with Crippen molar-refractivity contribution in [3.8, 4) is 5.75 Å². The molecule has 0 saturated carbocycles. The molecule has 0 saturated heterocycles. The zero-order valence-electron chi connectivity index (χ0n) is 16.1. The zero-order valence-corrected chi connectivity index (χ0v) is 16.9. The molecule has 0 aliphatic rings. The number of rotatable bonds is 8. The van der Waals surface area contributed by atoms with Crippen LogP contribution in [0.4, 0.5) is 5.69 Å². The van der Waals surface area contributed by atoms with Gasteiger partial charge in [0, 0.05) is 4.90 Å². The molecule has 5 nitrogen and oxygen atoms in total. The summed E-state index contributed by atoms with van der Waals surface area (Å²) in [7, 11) is 0. The number of carbonyl (C=O) groups is 2. The number of esters is 1. The Hall–Kier alpha value is -2.47. The minimum absolute atomic E-state index is 0.150. The second-order valence-corrected chi connectivity index (χ2v) is 7.13. The van der Waals surface area contributed by atoms with Gasteiger partial charge in [-0.05, 0) is 51.5 Å². The van der Waals surface area contributed by atoms with Crippen molar-refractivity contribution in [3.05, 3.63) is 53.6 Å². The van der Waals surface area contributed by atoms with Crippen LogP contribution < -0.4 is 10.1 Å². The molecule has 27 heavy (non-hydrogen) atoms. The highest BCUT2D eigenvalue weighted by molar-refractivity contribution is 8.00. The number of aryl methyl sites for hydroxylation is 2. The Balaban J connectivity index is 1.87. The Morgan fingerprint density at radius 2 is 1.89 bits per heavy atom. The maximum Gasteiger partial charge on any atom is 0.317 e. The lowest BCUT2D eigenvalue weighted by Crippen LogP contribution is -2.30. The van der Waals surface area contributed by atoms with E-state index in [0.29, 0.717) is 18.0 Å². The summed E-state index contributed by atoms with van der Waals surface area (Å²) in [6.07, 6.45) is -0.896. The number of amides is 1. The number of benzene rings is 2. The van der Waals surface area contributed by atoms with Gasteiger partial charge in [-0.1, -0.05) is 29.8 Å². The summed E-state index contributed by atoms with van der Waals surface area (Å²) in [5, 5.41) is 2.74. The molecule has 0 spiro atoms. The monoisotopic (exact) mass is 387 g/mol. The molecule has 0 radical (unpaired) electrons. The topological polar surface area (TPSA) is 64.6 Å². The van der Waals surface area contributed by atoms with E-state index in [1.807, 2.05) is 39.0 Å². The molecule has 2 rings (SSSR count). The molecule has 0 aromatic heterocycles. The first-order valence-electron chi connectivity index (χ1n) is 8.83. The number of hydrogen-bond acceptors (Lipinski definition) is 5. The Morgan fingerprint density at radius 1 is 1.15 bits per heavy atom. The van der Waals surface area contributed by atoms with Gasteiger partial charge in [-0.3, -0.25) is 9.59 Å². The molecule has 1 atom stereocenters. The van der Waals surface area contributed by atoms with Gasteiger partial charge in [0.2, 0.25) is 0 Å². The molecule has 0 unspecified atom stereocenters. The molecule has 0 bridgehead atoms. The smallest absolute Gasteiger partial charge is 0.317 e. The van der Waals surface area contributed by atoms with Crippen molar-refractivity contribution < 1.29 is 19.1 Å². The summed E-state index contributed by atoms with van der Waals surface area (Å²) in [6, 6.07) is 13.2. The predicted octanol–water partition coefficient (Wildman–Crippen LogP) is 4.36. The zero-order chi connectivity index (χ0) is 19.8. The molecule has 2 aromatic carbocycles. The minimum atomic E-state index is -0.896. The fraction of sp³-hybridized carbons (Fsp3) is 0.333. The molecular weight excluding hydrogens is 362 g/mol. The molecule has 2 aromatic rings. The molecule has 0 aliphatic heterocycles. The maximum atomic E-state index is 12.3. The van der Waals surface area contributed by atoms with Crippen LogP contribution in [0.3, 0.4) is 0 Å². The van der Waals surface area contributed by atoms with Gasteiger partial charge in [-0.15, -0.1) is 11.8 Å². The lowest BCUT2D eigenvalue weighted by molar-refractivity contribution is -0.150. The van der Waals surface area contributed by atoms with E-state index in [9.17, 15) is 9.59 Å². The fourth-order valence-corrected chi connectivity index (χ4v) is 3.26.